The molecule has 1 nitrogen and oxygen atoms in total. The zero-order valence-corrected chi connectivity index (χ0v) is 27.1. The topological polar surface area (TPSA) is 3.24 Å². The molecule has 0 spiro atoms. The summed E-state index contributed by atoms with van der Waals surface area (Å²) in [5.41, 5.74) is 16.7. The molecule has 212 valence electrons. The molecule has 0 aromatic heterocycles. The van der Waals surface area contributed by atoms with Crippen molar-refractivity contribution in [3.63, 3.8) is 0 Å². The molecule has 6 aromatic carbocycles. The molecule has 6 aromatic rings. The van der Waals surface area contributed by atoms with Crippen molar-refractivity contribution in [3.8, 4) is 22.3 Å². The quantitative estimate of drug-likeness (QED) is 0.189. The zero-order valence-electron chi connectivity index (χ0n) is 25.9. The first kappa shape index (κ1) is 27.6. The van der Waals surface area contributed by atoms with Crippen LogP contribution in [0.1, 0.15) is 47.2 Å². The van der Waals surface area contributed by atoms with Gasteiger partial charge >= 0.3 is 0 Å². The lowest BCUT2D eigenvalue weighted by molar-refractivity contribution is 0.660. The van der Waals surface area contributed by atoms with Crippen LogP contribution in [-0.4, -0.2) is 0 Å². The Labute approximate surface area is 258 Å². The van der Waals surface area contributed by atoms with E-state index in [1.54, 1.807) is 0 Å². The molecule has 0 saturated heterocycles. The second kappa shape index (κ2) is 10.2. The number of fused-ring (bicyclic) bond motifs is 5. The number of aryl methyl sites for hydroxylation is 4. The highest BCUT2D eigenvalue weighted by atomic mass is 31.0. The first-order chi connectivity index (χ1) is 20.6. The predicted octanol–water partition coefficient (Wildman–Crippen LogP) is 11.0. The minimum Gasteiger partial charge on any atom is -0.310 e. The Hall–Kier alpha value is -4.19. The Morgan fingerprint density at radius 3 is 1.93 bits per heavy atom. The molecule has 0 radical (unpaired) electrons. The fourth-order valence-corrected chi connectivity index (χ4v) is 7.29. The summed E-state index contributed by atoms with van der Waals surface area (Å²) in [4.78, 5) is 2.47. The molecule has 0 bridgehead atoms. The van der Waals surface area contributed by atoms with Crippen molar-refractivity contribution in [1.82, 2.24) is 0 Å². The van der Waals surface area contributed by atoms with Gasteiger partial charge in [0.15, 0.2) is 0 Å². The summed E-state index contributed by atoms with van der Waals surface area (Å²) >= 11 is 0. The van der Waals surface area contributed by atoms with Gasteiger partial charge < -0.3 is 4.90 Å². The summed E-state index contributed by atoms with van der Waals surface area (Å²) in [6.07, 6.45) is 0. The van der Waals surface area contributed by atoms with Gasteiger partial charge in [-0.2, -0.15) is 0 Å². The maximum absolute atomic E-state index is 2.94. The molecule has 1 atom stereocenters. The van der Waals surface area contributed by atoms with Gasteiger partial charge in [0.2, 0.25) is 0 Å². The average molecular weight is 576 g/mol. The van der Waals surface area contributed by atoms with Crippen molar-refractivity contribution in [3.05, 3.63) is 143 Å². The number of hydrogen-bond donors (Lipinski definition) is 0. The van der Waals surface area contributed by atoms with Crippen molar-refractivity contribution >= 4 is 42.4 Å². The van der Waals surface area contributed by atoms with Gasteiger partial charge in [0.05, 0.1) is 5.69 Å². The Morgan fingerprint density at radius 1 is 0.535 bits per heavy atom. The van der Waals surface area contributed by atoms with Gasteiger partial charge in [-0.3, -0.25) is 0 Å². The Morgan fingerprint density at radius 2 is 1.19 bits per heavy atom. The molecule has 0 heterocycles. The number of anilines is 3. The molecule has 0 amide bonds. The number of nitrogens with zero attached hydrogens (tertiary/aromatic N) is 1. The van der Waals surface area contributed by atoms with Gasteiger partial charge in [-0.1, -0.05) is 98.3 Å². The van der Waals surface area contributed by atoms with Crippen molar-refractivity contribution in [2.75, 3.05) is 4.90 Å². The van der Waals surface area contributed by atoms with Gasteiger partial charge in [0, 0.05) is 22.2 Å². The highest BCUT2D eigenvalue weighted by molar-refractivity contribution is 7.27. The second-order valence-electron chi connectivity index (χ2n) is 12.7. The molecule has 7 rings (SSSR count). The van der Waals surface area contributed by atoms with Gasteiger partial charge in [-0.15, -0.1) is 9.24 Å². The minimum absolute atomic E-state index is 0.106. The van der Waals surface area contributed by atoms with Gasteiger partial charge in [0.1, 0.15) is 0 Å². The van der Waals surface area contributed by atoms with E-state index in [0.717, 1.165) is 11.4 Å². The van der Waals surface area contributed by atoms with Crippen LogP contribution in [0.15, 0.2) is 109 Å². The average Bonchev–Trinajstić information content (AvgIpc) is 3.21. The van der Waals surface area contributed by atoms with E-state index in [1.165, 1.54) is 77.4 Å². The van der Waals surface area contributed by atoms with Crippen LogP contribution < -0.4 is 10.2 Å². The lowest BCUT2D eigenvalue weighted by atomic mass is 9.81. The van der Waals surface area contributed by atoms with Crippen LogP contribution in [0.25, 0.3) is 33.0 Å². The first-order valence-electron chi connectivity index (χ1n) is 15.2. The molecule has 1 aliphatic rings. The lowest BCUT2D eigenvalue weighted by Gasteiger charge is -2.30. The van der Waals surface area contributed by atoms with Crippen LogP contribution in [0.4, 0.5) is 17.1 Å². The predicted molar refractivity (Wildman–Crippen MR) is 190 cm³/mol. The Balaban J connectivity index is 1.51. The van der Waals surface area contributed by atoms with Crippen LogP contribution in [0.2, 0.25) is 0 Å². The third-order valence-corrected chi connectivity index (χ3v) is 10.1. The number of rotatable bonds is 4. The number of benzene rings is 6. The third kappa shape index (κ3) is 4.41. The van der Waals surface area contributed by atoms with Crippen molar-refractivity contribution in [1.29, 1.82) is 0 Å². The van der Waals surface area contributed by atoms with E-state index >= 15 is 0 Å². The lowest BCUT2D eigenvalue weighted by Crippen LogP contribution is -2.17. The van der Waals surface area contributed by atoms with Crippen molar-refractivity contribution in [2.45, 2.75) is 47.0 Å². The summed E-state index contributed by atoms with van der Waals surface area (Å²) in [5, 5.41) is 3.78. The molecular formula is C41H38NP. The summed E-state index contributed by atoms with van der Waals surface area (Å²) < 4.78 is 0. The summed E-state index contributed by atoms with van der Waals surface area (Å²) in [6.45, 7) is 13.6. The molecule has 0 saturated carbocycles. The second-order valence-corrected chi connectivity index (χ2v) is 13.4. The molecule has 1 unspecified atom stereocenters. The normalized spacial score (nSPS) is 13.2. The third-order valence-electron chi connectivity index (χ3n) is 9.48. The smallest absolute Gasteiger partial charge is 0.0543 e. The van der Waals surface area contributed by atoms with Crippen LogP contribution in [0.3, 0.4) is 0 Å². The van der Waals surface area contributed by atoms with Crippen LogP contribution in [-0.2, 0) is 5.41 Å². The molecular weight excluding hydrogens is 537 g/mol. The summed E-state index contributed by atoms with van der Waals surface area (Å²) in [7, 11) is 2.94. The SMILES string of the molecule is Cc1ccc2c(c1)C(C)(C)c1cc(N(c3ccc(-c4ccccc4C)c(C)c3)c3ccc(C)c(P)c3)c3ccccc3c1-2. The maximum Gasteiger partial charge on any atom is 0.0543 e. The summed E-state index contributed by atoms with van der Waals surface area (Å²) in [5.74, 6) is 0. The van der Waals surface area contributed by atoms with E-state index in [1.807, 2.05) is 0 Å². The molecule has 0 aliphatic heterocycles. The monoisotopic (exact) mass is 575 g/mol. The van der Waals surface area contributed by atoms with Crippen LogP contribution in [0.5, 0.6) is 0 Å². The fourth-order valence-electron chi connectivity index (χ4n) is 7.02. The van der Waals surface area contributed by atoms with Crippen LogP contribution >= 0.6 is 9.24 Å². The molecule has 0 N–H and O–H groups in total. The fraction of sp³-hybridized carbons (Fsp3) is 0.171. The van der Waals surface area contributed by atoms with E-state index < -0.39 is 0 Å². The van der Waals surface area contributed by atoms with E-state index in [9.17, 15) is 0 Å². The van der Waals surface area contributed by atoms with E-state index in [-0.39, 0.29) is 5.41 Å². The van der Waals surface area contributed by atoms with E-state index in [2.05, 4.69) is 165 Å². The molecule has 0 fully saturated rings. The maximum atomic E-state index is 2.94. The highest BCUT2D eigenvalue weighted by Gasteiger charge is 2.38. The Bertz CT molecular complexity index is 2070. The van der Waals surface area contributed by atoms with Crippen LogP contribution in [0, 0.1) is 27.7 Å². The first-order valence-corrected chi connectivity index (χ1v) is 15.7. The minimum atomic E-state index is -0.106. The molecule has 2 heteroatoms. The van der Waals surface area contributed by atoms with E-state index in [0.29, 0.717) is 0 Å². The zero-order chi connectivity index (χ0) is 30.0. The van der Waals surface area contributed by atoms with Crippen molar-refractivity contribution in [2.24, 2.45) is 0 Å². The highest BCUT2D eigenvalue weighted by Crippen LogP contribution is 2.54. The van der Waals surface area contributed by atoms with E-state index in [4.69, 9.17) is 0 Å². The molecule has 43 heavy (non-hydrogen) atoms. The van der Waals surface area contributed by atoms with Gasteiger partial charge in [-0.05, 0) is 119 Å². The summed E-state index contributed by atoms with van der Waals surface area (Å²) in [6, 6.07) is 40.8. The molecule has 1 aliphatic carbocycles. The van der Waals surface area contributed by atoms with Gasteiger partial charge in [0.25, 0.3) is 0 Å². The largest absolute Gasteiger partial charge is 0.310 e. The van der Waals surface area contributed by atoms with Gasteiger partial charge in [-0.25, -0.2) is 0 Å². The number of hydrogen-bond acceptors (Lipinski definition) is 1. The standard InChI is InChI=1S/C41H38NP/c1-25-15-19-35-36(21-25)41(5,6)37-24-38(33-13-9-10-14-34(33)40(35)37)42(30-17-16-27(3)39(43)23-30)29-18-20-32(28(4)22-29)31-12-8-7-11-26(31)2/h7-24H,43H2,1-6H3. The Kier molecular flexibility index (Phi) is 6.57. The van der Waals surface area contributed by atoms with Crippen molar-refractivity contribution < 1.29 is 0 Å².